The van der Waals surface area contributed by atoms with Crippen LogP contribution in [0.25, 0.3) is 11.1 Å². The summed E-state index contributed by atoms with van der Waals surface area (Å²) in [6.45, 7) is 0.0710. The lowest BCUT2D eigenvalue weighted by molar-refractivity contribution is -0.115. The average molecular weight is 356 g/mol. The number of aliphatic imine (C=N–C) groups is 1. The van der Waals surface area contributed by atoms with Crippen LogP contribution in [0.3, 0.4) is 0 Å². The molecule has 0 spiro atoms. The minimum atomic E-state index is -0.410. The first kappa shape index (κ1) is 17.2. The molecule has 2 N–H and O–H groups in total. The second kappa shape index (κ2) is 7.56. The van der Waals surface area contributed by atoms with E-state index in [0.717, 1.165) is 33.6 Å². The third-order valence-corrected chi connectivity index (χ3v) is 4.77. The van der Waals surface area contributed by atoms with Crippen molar-refractivity contribution in [3.63, 3.8) is 0 Å². The van der Waals surface area contributed by atoms with E-state index in [4.69, 9.17) is 0 Å². The molecule has 0 aliphatic carbocycles. The Morgan fingerprint density at radius 1 is 0.963 bits per heavy atom. The second-order valence-corrected chi connectivity index (χ2v) is 6.52. The summed E-state index contributed by atoms with van der Waals surface area (Å²) in [5, 5.41) is 12.2. The molecule has 0 fully saturated rings. The topological polar surface area (TPSA) is 61.7 Å². The first-order valence-corrected chi connectivity index (χ1v) is 8.99. The fourth-order valence-electron chi connectivity index (χ4n) is 3.37. The molecule has 0 saturated heterocycles. The Balaban J connectivity index is 1.63. The molecule has 1 aliphatic heterocycles. The Labute approximate surface area is 158 Å². The van der Waals surface area contributed by atoms with Crippen molar-refractivity contribution in [3.05, 3.63) is 83.9 Å². The quantitative estimate of drug-likeness (QED) is 0.669. The molecule has 1 heterocycles. The van der Waals surface area contributed by atoms with Gasteiger partial charge in [-0.25, -0.2) is 0 Å². The number of aliphatic hydroxyl groups excluding tert-OH is 1. The lowest BCUT2D eigenvalue weighted by Gasteiger charge is -2.07. The Morgan fingerprint density at radius 3 is 2.56 bits per heavy atom. The van der Waals surface area contributed by atoms with Crippen LogP contribution >= 0.6 is 0 Å². The normalized spacial score (nSPS) is 15.7. The van der Waals surface area contributed by atoms with Crippen molar-refractivity contribution >= 4 is 23.5 Å². The number of hydrogen-bond donors (Lipinski definition) is 2. The standard InChI is InChI=1S/C23H20N2O2/c26-13-12-17-8-4-5-9-21(17)24-15-20-19-11-10-18(14-22(19)25-23(20)27)16-6-2-1-3-7-16/h1-11,14-15,20,26H,12-13H2,(H,25,27). The zero-order chi connectivity index (χ0) is 18.6. The maximum atomic E-state index is 12.5. The van der Waals surface area contributed by atoms with Crippen LogP contribution in [0, 0.1) is 0 Å². The van der Waals surface area contributed by atoms with Gasteiger partial charge in [0.05, 0.1) is 5.69 Å². The average Bonchev–Trinajstić information content (AvgIpc) is 3.02. The second-order valence-electron chi connectivity index (χ2n) is 6.52. The summed E-state index contributed by atoms with van der Waals surface area (Å²) in [7, 11) is 0. The maximum absolute atomic E-state index is 12.5. The largest absolute Gasteiger partial charge is 0.396 e. The van der Waals surface area contributed by atoms with Gasteiger partial charge in [-0.3, -0.25) is 9.79 Å². The van der Waals surface area contributed by atoms with Gasteiger partial charge in [-0.2, -0.15) is 0 Å². The minimum Gasteiger partial charge on any atom is -0.396 e. The number of amides is 1. The van der Waals surface area contributed by atoms with Gasteiger partial charge in [-0.1, -0.05) is 60.7 Å². The zero-order valence-electron chi connectivity index (χ0n) is 14.8. The van der Waals surface area contributed by atoms with E-state index in [2.05, 4.69) is 22.4 Å². The van der Waals surface area contributed by atoms with E-state index >= 15 is 0 Å². The number of hydrogen-bond acceptors (Lipinski definition) is 3. The molecule has 3 aromatic rings. The van der Waals surface area contributed by atoms with Crippen molar-refractivity contribution in [1.82, 2.24) is 0 Å². The SMILES string of the molecule is O=C1Nc2cc(-c3ccccc3)ccc2C1C=Nc1ccccc1CCO. The molecule has 1 unspecified atom stereocenters. The van der Waals surface area contributed by atoms with Crippen molar-refractivity contribution in [3.8, 4) is 11.1 Å². The molecule has 1 atom stereocenters. The minimum absolute atomic E-state index is 0.0707. The Bertz CT molecular complexity index is 996. The van der Waals surface area contributed by atoms with Crippen molar-refractivity contribution in [2.75, 3.05) is 11.9 Å². The van der Waals surface area contributed by atoms with Crippen LogP contribution in [0.15, 0.2) is 77.8 Å². The number of carbonyl (C=O) groups excluding carboxylic acids is 1. The smallest absolute Gasteiger partial charge is 0.237 e. The third kappa shape index (κ3) is 3.52. The molecule has 134 valence electrons. The van der Waals surface area contributed by atoms with E-state index in [-0.39, 0.29) is 12.5 Å². The predicted octanol–water partition coefficient (Wildman–Crippen LogP) is 4.33. The maximum Gasteiger partial charge on any atom is 0.237 e. The molecule has 0 aromatic heterocycles. The molecule has 27 heavy (non-hydrogen) atoms. The van der Waals surface area contributed by atoms with Crippen LogP contribution < -0.4 is 5.32 Å². The summed E-state index contributed by atoms with van der Waals surface area (Å²) in [6, 6.07) is 23.8. The lowest BCUT2D eigenvalue weighted by Crippen LogP contribution is -2.12. The molecule has 1 aliphatic rings. The van der Waals surface area contributed by atoms with E-state index < -0.39 is 5.92 Å². The Morgan fingerprint density at radius 2 is 1.74 bits per heavy atom. The van der Waals surface area contributed by atoms with Gasteiger partial charge >= 0.3 is 0 Å². The fourth-order valence-corrected chi connectivity index (χ4v) is 3.37. The summed E-state index contributed by atoms with van der Waals surface area (Å²) in [5.41, 5.74) is 5.71. The van der Waals surface area contributed by atoms with Crippen LogP contribution in [0.1, 0.15) is 17.0 Å². The van der Waals surface area contributed by atoms with Crippen LogP contribution in [0.5, 0.6) is 0 Å². The van der Waals surface area contributed by atoms with Crippen molar-refractivity contribution in [2.45, 2.75) is 12.3 Å². The number of nitrogens with zero attached hydrogens (tertiary/aromatic N) is 1. The molecule has 0 radical (unpaired) electrons. The number of benzene rings is 3. The molecule has 4 rings (SSSR count). The van der Waals surface area contributed by atoms with E-state index in [1.165, 1.54) is 0 Å². The van der Waals surface area contributed by atoms with Gasteiger partial charge < -0.3 is 10.4 Å². The summed E-state index contributed by atoms with van der Waals surface area (Å²) in [6.07, 6.45) is 2.24. The number of carbonyl (C=O) groups is 1. The molecule has 0 bridgehead atoms. The van der Waals surface area contributed by atoms with Gasteiger partial charge in [0.1, 0.15) is 5.92 Å². The van der Waals surface area contributed by atoms with E-state index in [9.17, 15) is 9.90 Å². The number of para-hydroxylation sites is 1. The molecule has 4 nitrogen and oxygen atoms in total. The van der Waals surface area contributed by atoms with E-state index in [0.29, 0.717) is 6.42 Å². The third-order valence-electron chi connectivity index (χ3n) is 4.77. The number of aliphatic hydroxyl groups is 1. The highest BCUT2D eigenvalue weighted by Crippen LogP contribution is 2.35. The summed E-state index contributed by atoms with van der Waals surface area (Å²) < 4.78 is 0. The van der Waals surface area contributed by atoms with Gasteiger partial charge in [-0.15, -0.1) is 0 Å². The zero-order valence-corrected chi connectivity index (χ0v) is 14.8. The highest BCUT2D eigenvalue weighted by Gasteiger charge is 2.29. The fraction of sp³-hybridized carbons (Fsp3) is 0.130. The van der Waals surface area contributed by atoms with Gasteiger partial charge in [0, 0.05) is 18.5 Å². The van der Waals surface area contributed by atoms with Crippen LogP contribution in [-0.4, -0.2) is 23.8 Å². The predicted molar refractivity (Wildman–Crippen MR) is 109 cm³/mol. The summed E-state index contributed by atoms with van der Waals surface area (Å²) in [5.74, 6) is -0.481. The van der Waals surface area contributed by atoms with Gasteiger partial charge in [0.2, 0.25) is 5.91 Å². The first-order valence-electron chi connectivity index (χ1n) is 8.99. The monoisotopic (exact) mass is 356 g/mol. The van der Waals surface area contributed by atoms with E-state index in [1.807, 2.05) is 60.7 Å². The summed E-state index contributed by atoms with van der Waals surface area (Å²) in [4.78, 5) is 17.0. The van der Waals surface area contributed by atoms with Crippen molar-refractivity contribution < 1.29 is 9.90 Å². The van der Waals surface area contributed by atoms with Gasteiger partial charge in [0.25, 0.3) is 0 Å². The Kier molecular flexibility index (Phi) is 4.81. The van der Waals surface area contributed by atoms with E-state index in [1.54, 1.807) is 6.21 Å². The molecular formula is C23H20N2O2. The Hall–Kier alpha value is -3.24. The number of fused-ring (bicyclic) bond motifs is 1. The van der Waals surface area contributed by atoms with Crippen LogP contribution in [0.2, 0.25) is 0 Å². The highest BCUT2D eigenvalue weighted by molar-refractivity contribution is 6.13. The van der Waals surface area contributed by atoms with Crippen LogP contribution in [-0.2, 0) is 11.2 Å². The number of anilines is 1. The molecule has 0 saturated carbocycles. The van der Waals surface area contributed by atoms with Crippen molar-refractivity contribution in [2.24, 2.45) is 4.99 Å². The lowest BCUT2D eigenvalue weighted by atomic mass is 9.98. The highest BCUT2D eigenvalue weighted by atomic mass is 16.3. The number of rotatable bonds is 5. The van der Waals surface area contributed by atoms with Crippen molar-refractivity contribution in [1.29, 1.82) is 0 Å². The van der Waals surface area contributed by atoms with Gasteiger partial charge in [-0.05, 0) is 40.8 Å². The first-order chi connectivity index (χ1) is 13.3. The molecule has 1 amide bonds. The number of nitrogens with one attached hydrogen (secondary N) is 1. The molecule has 3 aromatic carbocycles. The van der Waals surface area contributed by atoms with Crippen LogP contribution in [0.4, 0.5) is 11.4 Å². The van der Waals surface area contributed by atoms with Gasteiger partial charge in [0.15, 0.2) is 0 Å². The molecular weight excluding hydrogens is 336 g/mol. The molecule has 4 heteroatoms. The summed E-state index contributed by atoms with van der Waals surface area (Å²) >= 11 is 0.